The zero-order chi connectivity index (χ0) is 12.7. The maximum Gasteiger partial charge on any atom is 0.131 e. The SMILES string of the molecule is CC[C@@H](CO)[NH2+]Cc1ccc(OC)cc1OC. The first-order valence-corrected chi connectivity index (χ1v) is 5.90. The van der Waals surface area contributed by atoms with Gasteiger partial charge in [-0.2, -0.15) is 0 Å². The molecule has 0 spiro atoms. The summed E-state index contributed by atoms with van der Waals surface area (Å²) < 4.78 is 10.5. The van der Waals surface area contributed by atoms with Crippen LogP contribution < -0.4 is 14.8 Å². The van der Waals surface area contributed by atoms with Crippen LogP contribution in [-0.4, -0.2) is 32.0 Å². The second kappa shape index (κ2) is 7.14. The van der Waals surface area contributed by atoms with Crippen molar-refractivity contribution >= 4 is 0 Å². The van der Waals surface area contributed by atoms with Crippen LogP contribution in [0.25, 0.3) is 0 Å². The van der Waals surface area contributed by atoms with Crippen molar-refractivity contribution in [1.82, 2.24) is 0 Å². The highest BCUT2D eigenvalue weighted by atomic mass is 16.5. The zero-order valence-electron chi connectivity index (χ0n) is 10.8. The molecule has 1 rings (SSSR count). The number of aliphatic hydroxyl groups excluding tert-OH is 1. The van der Waals surface area contributed by atoms with Gasteiger partial charge in [0.15, 0.2) is 0 Å². The van der Waals surface area contributed by atoms with Gasteiger partial charge in [-0.15, -0.1) is 0 Å². The number of aliphatic hydroxyl groups is 1. The lowest BCUT2D eigenvalue weighted by Crippen LogP contribution is -2.89. The van der Waals surface area contributed by atoms with Crippen LogP contribution >= 0.6 is 0 Å². The molecule has 0 radical (unpaired) electrons. The Morgan fingerprint density at radius 2 is 2.06 bits per heavy atom. The second-order valence-electron chi connectivity index (χ2n) is 3.97. The molecule has 1 aromatic carbocycles. The summed E-state index contributed by atoms with van der Waals surface area (Å²) in [6.07, 6.45) is 0.953. The van der Waals surface area contributed by atoms with Crippen LogP contribution in [0.4, 0.5) is 0 Å². The van der Waals surface area contributed by atoms with Crippen LogP contribution in [0.15, 0.2) is 18.2 Å². The van der Waals surface area contributed by atoms with Crippen molar-refractivity contribution < 1.29 is 19.9 Å². The summed E-state index contributed by atoms with van der Waals surface area (Å²) in [7, 11) is 3.29. The van der Waals surface area contributed by atoms with Crippen molar-refractivity contribution in [2.45, 2.75) is 25.9 Å². The van der Waals surface area contributed by atoms with Crippen molar-refractivity contribution in [1.29, 1.82) is 0 Å². The number of hydrogen-bond donors (Lipinski definition) is 2. The van der Waals surface area contributed by atoms with E-state index in [-0.39, 0.29) is 12.6 Å². The first-order valence-electron chi connectivity index (χ1n) is 5.90. The number of benzene rings is 1. The molecule has 4 nitrogen and oxygen atoms in total. The third-order valence-electron chi connectivity index (χ3n) is 2.92. The molecule has 0 heterocycles. The Hall–Kier alpha value is -1.26. The molecule has 96 valence electrons. The van der Waals surface area contributed by atoms with E-state index in [0.29, 0.717) is 0 Å². The molecule has 0 unspecified atom stereocenters. The monoisotopic (exact) mass is 240 g/mol. The van der Waals surface area contributed by atoms with Gasteiger partial charge in [0.2, 0.25) is 0 Å². The number of ether oxygens (including phenoxy) is 2. The Kier molecular flexibility index (Phi) is 5.80. The standard InChI is InChI=1S/C13H21NO3/c1-4-11(9-15)14-8-10-5-6-12(16-2)7-13(10)17-3/h5-7,11,14-15H,4,8-9H2,1-3H3/p+1/t11-/m0/s1. The lowest BCUT2D eigenvalue weighted by atomic mass is 10.1. The zero-order valence-corrected chi connectivity index (χ0v) is 10.8. The fourth-order valence-electron chi connectivity index (χ4n) is 1.68. The molecule has 17 heavy (non-hydrogen) atoms. The van der Waals surface area contributed by atoms with Crippen LogP contribution in [-0.2, 0) is 6.54 Å². The lowest BCUT2D eigenvalue weighted by Gasteiger charge is -2.13. The fourth-order valence-corrected chi connectivity index (χ4v) is 1.68. The van der Waals surface area contributed by atoms with Crippen LogP contribution in [0.1, 0.15) is 18.9 Å². The highest BCUT2D eigenvalue weighted by Gasteiger charge is 2.11. The van der Waals surface area contributed by atoms with Crippen LogP contribution in [0.3, 0.4) is 0 Å². The van der Waals surface area contributed by atoms with Gasteiger partial charge in [0.25, 0.3) is 0 Å². The van der Waals surface area contributed by atoms with E-state index in [4.69, 9.17) is 14.6 Å². The molecule has 3 N–H and O–H groups in total. The predicted octanol–water partition coefficient (Wildman–Crippen LogP) is 0.538. The fraction of sp³-hybridized carbons (Fsp3) is 0.538. The van der Waals surface area contributed by atoms with E-state index in [1.165, 1.54) is 0 Å². The van der Waals surface area contributed by atoms with E-state index in [1.54, 1.807) is 14.2 Å². The normalized spacial score (nSPS) is 12.2. The van der Waals surface area contributed by atoms with Gasteiger partial charge in [0, 0.05) is 11.6 Å². The van der Waals surface area contributed by atoms with Gasteiger partial charge < -0.3 is 19.9 Å². The Balaban J connectivity index is 2.70. The maximum absolute atomic E-state index is 9.13. The molecule has 0 fully saturated rings. The smallest absolute Gasteiger partial charge is 0.131 e. The average molecular weight is 240 g/mol. The molecular formula is C13H22NO3+. The van der Waals surface area contributed by atoms with Crippen molar-refractivity contribution in [3.63, 3.8) is 0 Å². The number of nitrogens with two attached hydrogens (primary N) is 1. The molecule has 4 heteroatoms. The van der Waals surface area contributed by atoms with Gasteiger partial charge >= 0.3 is 0 Å². The largest absolute Gasteiger partial charge is 0.497 e. The predicted molar refractivity (Wildman–Crippen MR) is 66.3 cm³/mol. The lowest BCUT2D eigenvalue weighted by molar-refractivity contribution is -0.706. The first kappa shape index (κ1) is 13.8. The Bertz CT molecular complexity index is 337. The third kappa shape index (κ3) is 3.91. The molecule has 0 amide bonds. The highest BCUT2D eigenvalue weighted by molar-refractivity contribution is 5.40. The van der Waals surface area contributed by atoms with Gasteiger partial charge in [-0.3, -0.25) is 0 Å². The first-order chi connectivity index (χ1) is 8.24. The molecule has 0 aliphatic rings. The molecular weight excluding hydrogens is 218 g/mol. The molecule has 1 atom stereocenters. The minimum atomic E-state index is 0.203. The van der Waals surface area contributed by atoms with E-state index in [2.05, 4.69) is 12.2 Å². The van der Waals surface area contributed by atoms with E-state index >= 15 is 0 Å². The van der Waals surface area contributed by atoms with Gasteiger partial charge in [-0.25, -0.2) is 0 Å². The third-order valence-corrected chi connectivity index (χ3v) is 2.92. The Labute approximate surface area is 103 Å². The number of methoxy groups -OCH3 is 2. The minimum Gasteiger partial charge on any atom is -0.497 e. The topological polar surface area (TPSA) is 55.3 Å². The summed E-state index contributed by atoms with van der Waals surface area (Å²) in [4.78, 5) is 0. The van der Waals surface area contributed by atoms with E-state index in [1.807, 2.05) is 18.2 Å². The number of hydrogen-bond acceptors (Lipinski definition) is 3. The summed E-state index contributed by atoms with van der Waals surface area (Å²) in [5.74, 6) is 1.62. The number of quaternary nitrogens is 1. The molecule has 0 bridgehead atoms. The van der Waals surface area contributed by atoms with Crippen LogP contribution in [0.5, 0.6) is 11.5 Å². The Morgan fingerprint density at radius 1 is 1.29 bits per heavy atom. The second-order valence-corrected chi connectivity index (χ2v) is 3.97. The molecule has 0 saturated carbocycles. The Morgan fingerprint density at radius 3 is 2.59 bits per heavy atom. The van der Waals surface area contributed by atoms with Crippen molar-refractivity contribution in [3.05, 3.63) is 23.8 Å². The average Bonchev–Trinajstić information content (AvgIpc) is 2.39. The number of rotatable bonds is 7. The molecule has 0 aliphatic carbocycles. The quantitative estimate of drug-likeness (QED) is 0.731. The van der Waals surface area contributed by atoms with Crippen molar-refractivity contribution in [2.75, 3.05) is 20.8 Å². The summed E-state index contributed by atoms with van der Waals surface area (Å²) in [5, 5.41) is 11.3. The summed E-state index contributed by atoms with van der Waals surface area (Å²) in [5.41, 5.74) is 1.11. The van der Waals surface area contributed by atoms with E-state index < -0.39 is 0 Å². The van der Waals surface area contributed by atoms with Crippen LogP contribution in [0, 0.1) is 0 Å². The van der Waals surface area contributed by atoms with Gasteiger partial charge in [-0.1, -0.05) is 6.92 Å². The molecule has 0 aromatic heterocycles. The van der Waals surface area contributed by atoms with E-state index in [9.17, 15) is 0 Å². The summed E-state index contributed by atoms with van der Waals surface area (Å²) in [6, 6.07) is 6.05. The van der Waals surface area contributed by atoms with Crippen LogP contribution in [0.2, 0.25) is 0 Å². The summed E-state index contributed by atoms with van der Waals surface area (Å²) >= 11 is 0. The van der Waals surface area contributed by atoms with Gasteiger partial charge in [0.05, 0.1) is 20.8 Å². The molecule has 0 aliphatic heterocycles. The van der Waals surface area contributed by atoms with Crippen molar-refractivity contribution in [3.8, 4) is 11.5 Å². The highest BCUT2D eigenvalue weighted by Crippen LogP contribution is 2.23. The van der Waals surface area contributed by atoms with E-state index in [0.717, 1.165) is 30.0 Å². The van der Waals surface area contributed by atoms with Gasteiger partial charge in [0.1, 0.15) is 24.1 Å². The molecule has 0 saturated heterocycles. The molecule has 1 aromatic rings. The summed E-state index contributed by atoms with van der Waals surface area (Å²) in [6.45, 7) is 3.07. The van der Waals surface area contributed by atoms with Gasteiger partial charge in [-0.05, 0) is 18.6 Å². The van der Waals surface area contributed by atoms with Crippen molar-refractivity contribution in [2.24, 2.45) is 0 Å². The maximum atomic E-state index is 9.13. The minimum absolute atomic E-state index is 0.203.